The highest BCUT2D eigenvalue weighted by Crippen LogP contribution is 2.33. The molecule has 0 saturated heterocycles. The van der Waals surface area contributed by atoms with Gasteiger partial charge in [-0.1, -0.05) is 15.9 Å². The lowest BCUT2D eigenvalue weighted by molar-refractivity contribution is -0.143. The lowest BCUT2D eigenvalue weighted by Crippen LogP contribution is -2.28. The number of carbonyl (C=O) groups excluding carboxylic acids is 1. The summed E-state index contributed by atoms with van der Waals surface area (Å²) in [4.78, 5) is 11.3. The maximum Gasteiger partial charge on any atom is 0.305 e. The molecule has 1 N–H and O–H groups in total. The van der Waals surface area contributed by atoms with Gasteiger partial charge < -0.3 is 14.8 Å². The van der Waals surface area contributed by atoms with E-state index in [1.165, 1.54) is 5.56 Å². The van der Waals surface area contributed by atoms with Crippen LogP contribution in [0.15, 0.2) is 22.7 Å². The van der Waals surface area contributed by atoms with E-state index in [9.17, 15) is 4.79 Å². The van der Waals surface area contributed by atoms with Crippen LogP contribution in [0.2, 0.25) is 0 Å². The molecule has 2 rings (SSSR count). The second-order valence-corrected chi connectivity index (χ2v) is 5.65. The molecule has 0 spiro atoms. The molecule has 110 valence electrons. The second-order valence-electron chi connectivity index (χ2n) is 4.73. The van der Waals surface area contributed by atoms with Crippen LogP contribution in [0.25, 0.3) is 0 Å². The summed E-state index contributed by atoms with van der Waals surface area (Å²) in [5, 5.41) is 3.49. The van der Waals surface area contributed by atoms with E-state index >= 15 is 0 Å². The van der Waals surface area contributed by atoms with Gasteiger partial charge in [-0.05, 0) is 38.1 Å². The fraction of sp³-hybridized carbons (Fsp3) is 0.533. The van der Waals surface area contributed by atoms with Crippen molar-refractivity contribution >= 4 is 21.9 Å². The molecule has 0 bridgehead atoms. The molecule has 0 aliphatic carbocycles. The largest absolute Gasteiger partial charge is 0.493 e. The van der Waals surface area contributed by atoms with Crippen LogP contribution in [0.1, 0.15) is 37.8 Å². The first-order valence-corrected chi connectivity index (χ1v) is 7.81. The highest BCUT2D eigenvalue weighted by atomic mass is 79.9. The van der Waals surface area contributed by atoms with Gasteiger partial charge >= 0.3 is 5.97 Å². The number of carbonyl (C=O) groups is 1. The number of ether oxygens (including phenoxy) is 2. The number of hydrogen-bond acceptors (Lipinski definition) is 4. The normalized spacial score (nSPS) is 17.2. The van der Waals surface area contributed by atoms with Gasteiger partial charge in [-0.3, -0.25) is 4.79 Å². The van der Waals surface area contributed by atoms with E-state index < -0.39 is 0 Å². The molecule has 0 saturated carbocycles. The van der Waals surface area contributed by atoms with Crippen molar-refractivity contribution in [1.82, 2.24) is 5.32 Å². The van der Waals surface area contributed by atoms with Crippen LogP contribution >= 0.6 is 15.9 Å². The molecule has 0 fully saturated rings. The number of hydrogen-bond donors (Lipinski definition) is 1. The number of benzene rings is 1. The van der Waals surface area contributed by atoms with Crippen LogP contribution in [0.3, 0.4) is 0 Å². The summed E-state index contributed by atoms with van der Waals surface area (Å²) in [6, 6.07) is 6.36. The third-order valence-electron chi connectivity index (χ3n) is 3.27. The summed E-state index contributed by atoms with van der Waals surface area (Å²) in [5.74, 6) is 0.826. The number of nitrogens with one attached hydrogen (secondary N) is 1. The van der Waals surface area contributed by atoms with Gasteiger partial charge in [0, 0.05) is 28.9 Å². The van der Waals surface area contributed by atoms with Crippen LogP contribution in [0.4, 0.5) is 0 Å². The number of rotatable bonds is 6. The molecule has 20 heavy (non-hydrogen) atoms. The van der Waals surface area contributed by atoms with E-state index in [1.54, 1.807) is 0 Å². The molecular formula is C15H20BrNO3. The predicted molar refractivity (Wildman–Crippen MR) is 80.9 cm³/mol. The minimum absolute atomic E-state index is 0.121. The Labute approximate surface area is 128 Å². The molecule has 4 nitrogen and oxygen atoms in total. The third-order valence-corrected chi connectivity index (χ3v) is 3.76. The van der Waals surface area contributed by atoms with Crippen molar-refractivity contribution in [2.45, 2.75) is 32.2 Å². The number of esters is 1. The quantitative estimate of drug-likeness (QED) is 0.637. The minimum atomic E-state index is -0.121. The van der Waals surface area contributed by atoms with Gasteiger partial charge in [0.15, 0.2) is 0 Å². The first kappa shape index (κ1) is 15.3. The van der Waals surface area contributed by atoms with Gasteiger partial charge in [0.2, 0.25) is 0 Å². The van der Waals surface area contributed by atoms with Gasteiger partial charge in [0.25, 0.3) is 0 Å². The molecule has 0 aromatic heterocycles. The molecule has 1 aliphatic heterocycles. The Hall–Kier alpha value is -1.07. The molecule has 0 radical (unpaired) electrons. The zero-order valence-corrected chi connectivity index (χ0v) is 13.2. The van der Waals surface area contributed by atoms with Crippen molar-refractivity contribution in [1.29, 1.82) is 0 Å². The minimum Gasteiger partial charge on any atom is -0.493 e. The zero-order chi connectivity index (χ0) is 14.4. The van der Waals surface area contributed by atoms with Crippen molar-refractivity contribution in [3.05, 3.63) is 28.2 Å². The monoisotopic (exact) mass is 341 g/mol. The van der Waals surface area contributed by atoms with E-state index in [4.69, 9.17) is 9.47 Å². The summed E-state index contributed by atoms with van der Waals surface area (Å²) in [7, 11) is 0. The Bertz CT molecular complexity index is 464. The topological polar surface area (TPSA) is 47.6 Å². The van der Waals surface area contributed by atoms with Crippen LogP contribution < -0.4 is 10.1 Å². The zero-order valence-electron chi connectivity index (χ0n) is 11.7. The molecule has 0 amide bonds. The second kappa shape index (κ2) is 7.64. The Morgan fingerprint density at radius 2 is 2.40 bits per heavy atom. The van der Waals surface area contributed by atoms with E-state index in [0.717, 1.165) is 36.2 Å². The molecule has 5 heteroatoms. The lowest BCUT2D eigenvalue weighted by Gasteiger charge is -2.27. The van der Waals surface area contributed by atoms with Gasteiger partial charge in [-0.15, -0.1) is 0 Å². The Morgan fingerprint density at radius 3 is 3.20 bits per heavy atom. The summed E-state index contributed by atoms with van der Waals surface area (Å²) in [5.41, 5.74) is 1.18. The smallest absolute Gasteiger partial charge is 0.305 e. The molecule has 1 aliphatic rings. The van der Waals surface area contributed by atoms with Crippen molar-refractivity contribution in [2.75, 3.05) is 19.8 Å². The van der Waals surface area contributed by atoms with Crippen LogP contribution in [-0.4, -0.2) is 25.7 Å². The average molecular weight is 342 g/mol. The van der Waals surface area contributed by atoms with Crippen molar-refractivity contribution in [3.63, 3.8) is 0 Å². The molecule has 1 unspecified atom stereocenters. The molecule has 1 aromatic carbocycles. The van der Waals surface area contributed by atoms with Crippen LogP contribution in [-0.2, 0) is 9.53 Å². The fourth-order valence-electron chi connectivity index (χ4n) is 2.32. The SMILES string of the molecule is CCOC(=O)CCCNC1CCOc2ccc(Br)cc21. The molecular weight excluding hydrogens is 322 g/mol. The van der Waals surface area contributed by atoms with E-state index in [0.29, 0.717) is 19.1 Å². The molecule has 1 heterocycles. The standard InChI is InChI=1S/C15H20BrNO3/c1-2-19-15(18)4-3-8-17-13-7-9-20-14-6-5-11(16)10-12(13)14/h5-6,10,13,17H,2-4,7-9H2,1H3. The summed E-state index contributed by atoms with van der Waals surface area (Å²) in [6.45, 7) is 3.81. The maximum absolute atomic E-state index is 11.3. The van der Waals surface area contributed by atoms with Crippen LogP contribution in [0.5, 0.6) is 5.75 Å². The first-order chi connectivity index (χ1) is 9.70. The van der Waals surface area contributed by atoms with Crippen molar-refractivity contribution < 1.29 is 14.3 Å². The maximum atomic E-state index is 11.3. The van der Waals surface area contributed by atoms with Crippen LogP contribution in [0, 0.1) is 0 Å². The summed E-state index contributed by atoms with van der Waals surface area (Å²) >= 11 is 3.49. The number of fused-ring (bicyclic) bond motifs is 1. The third kappa shape index (κ3) is 4.21. The lowest BCUT2D eigenvalue weighted by atomic mass is 10.0. The van der Waals surface area contributed by atoms with Gasteiger partial charge in [-0.2, -0.15) is 0 Å². The predicted octanol–water partition coefficient (Wildman–Crippen LogP) is 3.21. The highest BCUT2D eigenvalue weighted by molar-refractivity contribution is 9.10. The van der Waals surface area contributed by atoms with E-state index in [2.05, 4.69) is 27.3 Å². The number of halogens is 1. The average Bonchev–Trinajstić information content (AvgIpc) is 2.44. The summed E-state index contributed by atoms with van der Waals surface area (Å²) < 4.78 is 11.6. The van der Waals surface area contributed by atoms with Gasteiger partial charge in [0.05, 0.1) is 13.2 Å². The van der Waals surface area contributed by atoms with Crippen molar-refractivity contribution in [3.8, 4) is 5.75 Å². The van der Waals surface area contributed by atoms with Crippen molar-refractivity contribution in [2.24, 2.45) is 0 Å². The Balaban J connectivity index is 1.83. The molecule has 1 atom stereocenters. The Morgan fingerprint density at radius 1 is 1.55 bits per heavy atom. The summed E-state index contributed by atoms with van der Waals surface area (Å²) in [6.07, 6.45) is 2.21. The first-order valence-electron chi connectivity index (χ1n) is 7.02. The highest BCUT2D eigenvalue weighted by Gasteiger charge is 2.21. The fourth-order valence-corrected chi connectivity index (χ4v) is 2.70. The van der Waals surface area contributed by atoms with E-state index in [-0.39, 0.29) is 5.97 Å². The van der Waals surface area contributed by atoms with E-state index in [1.807, 2.05) is 19.1 Å². The Kier molecular flexibility index (Phi) is 5.86. The van der Waals surface area contributed by atoms with Gasteiger partial charge in [0.1, 0.15) is 5.75 Å². The molecule has 1 aromatic rings. The van der Waals surface area contributed by atoms with Gasteiger partial charge in [-0.25, -0.2) is 0 Å².